The standard InChI is InChI=1S/C31H34FN3O4S/c1-6-8-9-26-27(35(7-2)23-17-19(3)16-20(4)18-23)28(36)29(31(37)34-26)40(38,39)24-12-10-22(11-13-24)25-14-15-33-30(32)21(25)5/h10-18H,6-9H2,1-5H3,(H2,34,36,37). The minimum Gasteiger partial charge on any atom is -0.504 e. The number of aromatic amines is 1. The molecule has 0 aliphatic heterocycles. The number of hydrogen-bond acceptors (Lipinski definition) is 6. The molecule has 2 heterocycles. The topological polar surface area (TPSA) is 103 Å². The first-order valence-corrected chi connectivity index (χ1v) is 14.8. The van der Waals surface area contributed by atoms with Crippen molar-refractivity contribution in [3.05, 3.63) is 93.4 Å². The van der Waals surface area contributed by atoms with Crippen LogP contribution in [0.15, 0.2) is 69.3 Å². The number of hydrogen-bond donors (Lipinski definition) is 2. The lowest BCUT2D eigenvalue weighted by Gasteiger charge is -2.28. The molecule has 0 aliphatic rings. The van der Waals surface area contributed by atoms with Gasteiger partial charge in [-0.05, 0) is 93.1 Å². The SMILES string of the molecule is CCCCc1[nH]c(=O)c(S(=O)(=O)c2ccc(-c3ccnc(F)c3C)cc2)c(O)c1N(CC)c1cc(C)cc(C)c1. The molecule has 4 aromatic rings. The first-order valence-electron chi connectivity index (χ1n) is 13.3. The van der Waals surface area contributed by atoms with E-state index in [4.69, 9.17) is 0 Å². The van der Waals surface area contributed by atoms with E-state index < -0.39 is 32.0 Å². The van der Waals surface area contributed by atoms with E-state index in [1.54, 1.807) is 25.1 Å². The van der Waals surface area contributed by atoms with Crippen molar-refractivity contribution in [1.82, 2.24) is 9.97 Å². The van der Waals surface area contributed by atoms with Crippen molar-refractivity contribution in [3.63, 3.8) is 0 Å². The number of aryl methyl sites for hydroxylation is 3. The van der Waals surface area contributed by atoms with E-state index in [1.165, 1.54) is 18.3 Å². The Bertz CT molecular complexity index is 1690. The van der Waals surface area contributed by atoms with Gasteiger partial charge in [0.15, 0.2) is 10.6 Å². The van der Waals surface area contributed by atoms with E-state index in [1.807, 2.05) is 50.8 Å². The first-order chi connectivity index (χ1) is 19.0. The van der Waals surface area contributed by atoms with E-state index in [9.17, 15) is 22.7 Å². The molecule has 4 rings (SSSR count). The Morgan fingerprint density at radius 2 is 1.65 bits per heavy atom. The predicted octanol–water partition coefficient (Wildman–Crippen LogP) is 6.54. The van der Waals surface area contributed by atoms with E-state index in [0.717, 1.165) is 29.7 Å². The summed E-state index contributed by atoms with van der Waals surface area (Å²) in [5, 5.41) is 11.6. The van der Waals surface area contributed by atoms with Gasteiger partial charge in [-0.1, -0.05) is 31.5 Å². The van der Waals surface area contributed by atoms with Crippen molar-refractivity contribution in [2.75, 3.05) is 11.4 Å². The molecule has 7 nitrogen and oxygen atoms in total. The van der Waals surface area contributed by atoms with Crippen LogP contribution in [0.3, 0.4) is 0 Å². The van der Waals surface area contributed by atoms with Gasteiger partial charge in [-0.15, -0.1) is 0 Å². The number of unbranched alkanes of at least 4 members (excludes halogenated alkanes) is 1. The number of sulfone groups is 1. The van der Waals surface area contributed by atoms with Crippen molar-refractivity contribution in [1.29, 1.82) is 0 Å². The molecular formula is C31H34FN3O4S. The molecule has 2 aromatic carbocycles. The molecule has 0 amide bonds. The molecule has 40 heavy (non-hydrogen) atoms. The van der Waals surface area contributed by atoms with Gasteiger partial charge in [-0.2, -0.15) is 4.39 Å². The van der Waals surface area contributed by atoms with Gasteiger partial charge in [0.1, 0.15) is 5.69 Å². The van der Waals surface area contributed by atoms with Gasteiger partial charge < -0.3 is 15.0 Å². The summed E-state index contributed by atoms with van der Waals surface area (Å²) in [6.45, 7) is 9.88. The molecule has 0 saturated carbocycles. The molecule has 0 saturated heterocycles. The minimum absolute atomic E-state index is 0.161. The van der Waals surface area contributed by atoms with Crippen molar-refractivity contribution < 1.29 is 17.9 Å². The maximum atomic E-state index is 14.0. The van der Waals surface area contributed by atoms with E-state index in [0.29, 0.717) is 35.3 Å². The number of pyridine rings is 2. The Balaban J connectivity index is 1.88. The lowest BCUT2D eigenvalue weighted by Crippen LogP contribution is -2.25. The molecule has 0 bridgehead atoms. The van der Waals surface area contributed by atoms with Gasteiger partial charge >= 0.3 is 0 Å². The second kappa shape index (κ2) is 11.6. The molecular weight excluding hydrogens is 529 g/mol. The van der Waals surface area contributed by atoms with Crippen LogP contribution in [0.1, 0.15) is 49.1 Å². The molecule has 2 aromatic heterocycles. The quantitative estimate of drug-likeness (QED) is 0.224. The highest BCUT2D eigenvalue weighted by molar-refractivity contribution is 7.91. The van der Waals surface area contributed by atoms with Crippen LogP contribution in [0.25, 0.3) is 11.1 Å². The predicted molar refractivity (Wildman–Crippen MR) is 156 cm³/mol. The fourth-order valence-electron chi connectivity index (χ4n) is 5.02. The normalized spacial score (nSPS) is 11.6. The molecule has 210 valence electrons. The maximum absolute atomic E-state index is 14.0. The zero-order valence-electron chi connectivity index (χ0n) is 23.4. The summed E-state index contributed by atoms with van der Waals surface area (Å²) >= 11 is 0. The zero-order chi connectivity index (χ0) is 29.2. The highest BCUT2D eigenvalue weighted by atomic mass is 32.2. The summed E-state index contributed by atoms with van der Waals surface area (Å²) in [4.78, 5) is 20.6. The third kappa shape index (κ3) is 5.51. The van der Waals surface area contributed by atoms with Crippen molar-refractivity contribution >= 4 is 21.2 Å². The van der Waals surface area contributed by atoms with E-state index >= 15 is 0 Å². The third-order valence-electron chi connectivity index (χ3n) is 6.97. The molecule has 0 atom stereocenters. The first kappa shape index (κ1) is 29.0. The summed E-state index contributed by atoms with van der Waals surface area (Å²) in [5.74, 6) is -1.18. The van der Waals surface area contributed by atoms with Gasteiger partial charge in [0.25, 0.3) is 5.56 Å². The fourth-order valence-corrected chi connectivity index (χ4v) is 6.39. The summed E-state index contributed by atoms with van der Waals surface area (Å²) < 4.78 is 41.6. The lowest BCUT2D eigenvalue weighted by atomic mass is 10.0. The Morgan fingerprint density at radius 3 is 2.25 bits per heavy atom. The van der Waals surface area contributed by atoms with Gasteiger partial charge in [-0.25, -0.2) is 13.4 Å². The highest BCUT2D eigenvalue weighted by Crippen LogP contribution is 2.41. The number of anilines is 2. The van der Waals surface area contributed by atoms with Gasteiger partial charge in [0.05, 0.1) is 4.90 Å². The average molecular weight is 564 g/mol. The number of nitrogens with one attached hydrogen (secondary N) is 1. The van der Waals surface area contributed by atoms with Crippen LogP contribution in [0, 0.1) is 26.7 Å². The highest BCUT2D eigenvalue weighted by Gasteiger charge is 2.31. The summed E-state index contributed by atoms with van der Waals surface area (Å²) in [6, 6.07) is 13.4. The molecule has 0 aliphatic carbocycles. The molecule has 0 fully saturated rings. The van der Waals surface area contributed by atoms with Crippen LogP contribution < -0.4 is 10.5 Å². The van der Waals surface area contributed by atoms with Crippen LogP contribution in [0.2, 0.25) is 0 Å². The van der Waals surface area contributed by atoms with Gasteiger partial charge in [0.2, 0.25) is 15.8 Å². The van der Waals surface area contributed by atoms with Crippen LogP contribution in [0.5, 0.6) is 5.75 Å². The Labute approximate surface area is 234 Å². The Hall–Kier alpha value is -3.98. The molecule has 9 heteroatoms. The van der Waals surface area contributed by atoms with Crippen molar-refractivity contribution in [2.45, 2.75) is 63.7 Å². The van der Waals surface area contributed by atoms with E-state index in [-0.39, 0.29) is 10.6 Å². The number of benzene rings is 2. The number of H-pyrrole nitrogens is 1. The largest absolute Gasteiger partial charge is 0.504 e. The molecule has 0 spiro atoms. The van der Waals surface area contributed by atoms with Crippen molar-refractivity contribution in [2.24, 2.45) is 0 Å². The van der Waals surface area contributed by atoms with E-state index in [2.05, 4.69) is 9.97 Å². The maximum Gasteiger partial charge on any atom is 0.271 e. The number of nitrogens with zero attached hydrogens (tertiary/aromatic N) is 2. The summed E-state index contributed by atoms with van der Waals surface area (Å²) in [7, 11) is -4.42. The zero-order valence-corrected chi connectivity index (χ0v) is 24.2. The fraction of sp³-hybridized carbons (Fsp3) is 0.290. The second-order valence-corrected chi connectivity index (χ2v) is 11.8. The second-order valence-electron chi connectivity index (χ2n) is 9.95. The third-order valence-corrected chi connectivity index (χ3v) is 8.78. The van der Waals surface area contributed by atoms with Gasteiger partial charge in [0, 0.05) is 29.7 Å². The van der Waals surface area contributed by atoms with Crippen LogP contribution in [0.4, 0.5) is 15.8 Å². The molecule has 2 N–H and O–H groups in total. The Morgan fingerprint density at radius 1 is 1.00 bits per heavy atom. The molecule has 0 unspecified atom stereocenters. The number of rotatable bonds is 9. The van der Waals surface area contributed by atoms with Gasteiger partial charge in [-0.3, -0.25) is 4.79 Å². The number of halogens is 1. The number of aromatic hydroxyl groups is 1. The summed E-state index contributed by atoms with van der Waals surface area (Å²) in [5.41, 5.74) is 4.21. The number of aromatic nitrogens is 2. The molecule has 0 radical (unpaired) electrons. The monoisotopic (exact) mass is 563 g/mol. The van der Waals surface area contributed by atoms with Crippen LogP contribution in [-0.2, 0) is 16.3 Å². The minimum atomic E-state index is -4.42. The van der Waals surface area contributed by atoms with Crippen LogP contribution >= 0.6 is 0 Å². The average Bonchev–Trinajstić information content (AvgIpc) is 2.90. The lowest BCUT2D eigenvalue weighted by molar-refractivity contribution is 0.454. The Kier molecular flexibility index (Phi) is 8.44. The van der Waals surface area contributed by atoms with Crippen LogP contribution in [-0.4, -0.2) is 30.0 Å². The smallest absolute Gasteiger partial charge is 0.271 e. The summed E-state index contributed by atoms with van der Waals surface area (Å²) in [6.07, 6.45) is 3.41. The van der Waals surface area contributed by atoms with Crippen molar-refractivity contribution in [3.8, 4) is 16.9 Å².